The lowest BCUT2D eigenvalue weighted by molar-refractivity contribution is -0.386. The van der Waals surface area contributed by atoms with Crippen molar-refractivity contribution in [1.29, 1.82) is 0 Å². The first-order chi connectivity index (χ1) is 11.3. The first-order valence-electron chi connectivity index (χ1n) is 7.68. The molecule has 0 unspecified atom stereocenters. The van der Waals surface area contributed by atoms with Crippen LogP contribution in [0.4, 0.5) is 5.69 Å². The molecule has 0 aliphatic heterocycles. The summed E-state index contributed by atoms with van der Waals surface area (Å²) in [6.45, 7) is 7.44. The first-order valence-corrected chi connectivity index (χ1v) is 7.68. The molecule has 0 fully saturated rings. The van der Waals surface area contributed by atoms with Crippen LogP contribution in [-0.4, -0.2) is 36.5 Å². The van der Waals surface area contributed by atoms with E-state index in [1.165, 1.54) is 4.68 Å². The van der Waals surface area contributed by atoms with Gasteiger partial charge in [-0.1, -0.05) is 6.07 Å². The van der Waals surface area contributed by atoms with E-state index in [2.05, 4.69) is 10.1 Å². The number of hydrogen-bond acceptors (Lipinski definition) is 5. The second-order valence-corrected chi connectivity index (χ2v) is 5.91. The van der Waals surface area contributed by atoms with Gasteiger partial charge in [0.05, 0.1) is 4.92 Å². The fraction of sp³-hybridized carbons (Fsp3) is 0.438. The van der Waals surface area contributed by atoms with E-state index in [4.69, 9.17) is 0 Å². The third kappa shape index (κ3) is 3.76. The van der Waals surface area contributed by atoms with Crippen molar-refractivity contribution in [2.24, 2.45) is 0 Å². The van der Waals surface area contributed by atoms with E-state index in [1.807, 2.05) is 26.0 Å². The highest BCUT2D eigenvalue weighted by molar-refractivity contribution is 5.76. The number of aryl methyl sites for hydroxylation is 1. The second kappa shape index (κ2) is 7.20. The summed E-state index contributed by atoms with van der Waals surface area (Å²) in [7, 11) is 0. The third-order valence-electron chi connectivity index (χ3n) is 3.83. The highest BCUT2D eigenvalue weighted by Crippen LogP contribution is 2.22. The molecule has 8 nitrogen and oxygen atoms in total. The van der Waals surface area contributed by atoms with Gasteiger partial charge in [-0.2, -0.15) is 5.10 Å². The lowest BCUT2D eigenvalue weighted by Gasteiger charge is -2.27. The summed E-state index contributed by atoms with van der Waals surface area (Å²) < 4.78 is 1.40. The molecule has 1 amide bonds. The molecular weight excluding hydrogens is 310 g/mol. The molecule has 0 aliphatic carbocycles. The van der Waals surface area contributed by atoms with Crippen LogP contribution in [0.3, 0.4) is 0 Å². The lowest BCUT2D eigenvalue weighted by Crippen LogP contribution is -2.39. The highest BCUT2D eigenvalue weighted by atomic mass is 16.6. The van der Waals surface area contributed by atoms with Gasteiger partial charge in [0.1, 0.15) is 17.9 Å². The van der Waals surface area contributed by atoms with Crippen LogP contribution in [0.2, 0.25) is 0 Å². The number of hydrogen-bond donors (Lipinski definition) is 0. The summed E-state index contributed by atoms with van der Waals surface area (Å²) in [5.74, 6) is -0.144. The van der Waals surface area contributed by atoms with Crippen molar-refractivity contribution in [2.75, 3.05) is 0 Å². The monoisotopic (exact) mass is 331 g/mol. The number of nitrogens with zero attached hydrogens (tertiary/aromatic N) is 5. The Morgan fingerprint density at radius 3 is 2.62 bits per heavy atom. The van der Waals surface area contributed by atoms with E-state index in [1.54, 1.807) is 31.1 Å². The summed E-state index contributed by atoms with van der Waals surface area (Å²) in [5.41, 5.74) is 1.59. The topological polar surface area (TPSA) is 94.2 Å². The molecule has 2 heterocycles. The Hall–Kier alpha value is -2.77. The Morgan fingerprint density at radius 2 is 2.12 bits per heavy atom. The Morgan fingerprint density at radius 1 is 1.42 bits per heavy atom. The molecule has 2 rings (SSSR count). The largest absolute Gasteiger partial charge is 0.334 e. The maximum atomic E-state index is 12.7. The van der Waals surface area contributed by atoms with Crippen molar-refractivity contribution < 1.29 is 9.72 Å². The van der Waals surface area contributed by atoms with Crippen molar-refractivity contribution in [3.63, 3.8) is 0 Å². The molecule has 0 aromatic carbocycles. The Labute approximate surface area is 140 Å². The molecule has 8 heteroatoms. The van der Waals surface area contributed by atoms with Crippen LogP contribution in [-0.2, 0) is 17.9 Å². The Bertz CT molecular complexity index is 740. The molecular formula is C16H21N5O3. The number of rotatable bonds is 6. The number of pyridine rings is 1. The Kier molecular flexibility index (Phi) is 5.28. The van der Waals surface area contributed by atoms with Gasteiger partial charge >= 0.3 is 5.69 Å². The van der Waals surface area contributed by atoms with Crippen LogP contribution in [0.5, 0.6) is 0 Å². The zero-order valence-electron chi connectivity index (χ0n) is 14.3. The minimum Gasteiger partial charge on any atom is -0.334 e. The molecule has 0 atom stereocenters. The molecule has 2 aromatic heterocycles. The Balaban J connectivity index is 2.20. The maximum Gasteiger partial charge on any atom is 0.312 e. The summed E-state index contributed by atoms with van der Waals surface area (Å²) in [4.78, 5) is 29.1. The minimum atomic E-state index is -0.464. The molecule has 0 N–H and O–H groups in total. The quantitative estimate of drug-likeness (QED) is 0.597. The number of aromatic nitrogens is 3. The average Bonchev–Trinajstić information content (AvgIpc) is 2.79. The summed E-state index contributed by atoms with van der Waals surface area (Å²) >= 11 is 0. The van der Waals surface area contributed by atoms with Crippen LogP contribution in [0.1, 0.15) is 30.8 Å². The van der Waals surface area contributed by atoms with Gasteiger partial charge in [0, 0.05) is 25.0 Å². The zero-order chi connectivity index (χ0) is 17.9. The number of amides is 1. The van der Waals surface area contributed by atoms with Crippen LogP contribution < -0.4 is 0 Å². The van der Waals surface area contributed by atoms with E-state index >= 15 is 0 Å². The predicted molar refractivity (Wildman–Crippen MR) is 88.3 cm³/mol. The van der Waals surface area contributed by atoms with Crippen LogP contribution >= 0.6 is 0 Å². The average molecular weight is 331 g/mol. The van der Waals surface area contributed by atoms with Gasteiger partial charge in [0.2, 0.25) is 5.91 Å². The van der Waals surface area contributed by atoms with E-state index in [-0.39, 0.29) is 24.2 Å². The molecule has 0 spiro atoms. The minimum absolute atomic E-state index is 0.00958. The summed E-state index contributed by atoms with van der Waals surface area (Å²) in [6.07, 6.45) is 3.40. The van der Waals surface area contributed by atoms with Gasteiger partial charge in [0.15, 0.2) is 0 Å². The summed E-state index contributed by atoms with van der Waals surface area (Å²) in [6, 6.07) is 3.72. The van der Waals surface area contributed by atoms with Crippen LogP contribution in [0.15, 0.2) is 24.5 Å². The van der Waals surface area contributed by atoms with E-state index in [9.17, 15) is 14.9 Å². The van der Waals surface area contributed by atoms with Crippen molar-refractivity contribution in [2.45, 2.75) is 46.8 Å². The number of carbonyl (C=O) groups is 1. The van der Waals surface area contributed by atoms with Crippen LogP contribution in [0, 0.1) is 24.0 Å². The molecule has 0 radical (unpaired) electrons. The third-order valence-corrected chi connectivity index (χ3v) is 3.83. The molecule has 2 aromatic rings. The first kappa shape index (κ1) is 17.6. The van der Waals surface area contributed by atoms with Crippen molar-refractivity contribution in [3.8, 4) is 0 Å². The normalized spacial score (nSPS) is 10.9. The lowest BCUT2D eigenvalue weighted by atomic mass is 10.2. The van der Waals surface area contributed by atoms with Crippen molar-refractivity contribution in [3.05, 3.63) is 51.6 Å². The zero-order valence-corrected chi connectivity index (χ0v) is 14.3. The maximum absolute atomic E-state index is 12.7. The predicted octanol–water partition coefficient (Wildman–Crippen LogP) is 2.24. The smallest absolute Gasteiger partial charge is 0.312 e. The standard InChI is InChI=1S/C16H21N5O3/c1-11(2)19(9-14-6-5-7-17-8-14)15(22)10-20-13(4)16(21(23)24)12(3)18-20/h5-8,11H,9-10H2,1-4H3. The van der Waals surface area contributed by atoms with E-state index < -0.39 is 4.92 Å². The molecule has 128 valence electrons. The van der Waals surface area contributed by atoms with E-state index in [0.717, 1.165) is 5.56 Å². The van der Waals surface area contributed by atoms with Crippen molar-refractivity contribution in [1.82, 2.24) is 19.7 Å². The van der Waals surface area contributed by atoms with Gasteiger partial charge in [0.25, 0.3) is 0 Å². The molecule has 0 aliphatic rings. The molecule has 0 saturated heterocycles. The van der Waals surface area contributed by atoms with Gasteiger partial charge in [-0.05, 0) is 39.3 Å². The molecule has 0 saturated carbocycles. The number of carbonyl (C=O) groups excluding carboxylic acids is 1. The fourth-order valence-electron chi connectivity index (χ4n) is 2.57. The van der Waals surface area contributed by atoms with Gasteiger partial charge in [-0.25, -0.2) is 0 Å². The SMILES string of the molecule is Cc1nn(CC(=O)N(Cc2cccnc2)C(C)C)c(C)c1[N+](=O)[O-]. The molecule has 24 heavy (non-hydrogen) atoms. The fourth-order valence-corrected chi connectivity index (χ4v) is 2.57. The van der Waals surface area contributed by atoms with Gasteiger partial charge in [-0.15, -0.1) is 0 Å². The van der Waals surface area contributed by atoms with Crippen molar-refractivity contribution >= 4 is 11.6 Å². The van der Waals surface area contributed by atoms with Gasteiger partial charge < -0.3 is 4.90 Å². The highest BCUT2D eigenvalue weighted by Gasteiger charge is 2.25. The van der Waals surface area contributed by atoms with Gasteiger partial charge in [-0.3, -0.25) is 24.6 Å². The second-order valence-electron chi connectivity index (χ2n) is 5.91. The van der Waals surface area contributed by atoms with E-state index in [0.29, 0.717) is 17.9 Å². The summed E-state index contributed by atoms with van der Waals surface area (Å²) in [5, 5.41) is 15.2. The number of nitro groups is 1. The molecule has 0 bridgehead atoms. The van der Waals surface area contributed by atoms with Crippen LogP contribution in [0.25, 0.3) is 0 Å².